The fourth-order valence-corrected chi connectivity index (χ4v) is 2.18. The smallest absolute Gasteiger partial charge is 0.257 e. The summed E-state index contributed by atoms with van der Waals surface area (Å²) in [6, 6.07) is 20.1. The molecule has 2 N–H and O–H groups in total. The van der Waals surface area contributed by atoms with Crippen LogP contribution in [0.4, 0.5) is 17.1 Å². The zero-order valence-corrected chi connectivity index (χ0v) is 12.7. The Morgan fingerprint density at radius 2 is 1.71 bits per heavy atom. The van der Waals surface area contributed by atoms with Gasteiger partial charge in [0, 0.05) is 23.8 Å². The maximum atomic E-state index is 12.1. The van der Waals surface area contributed by atoms with Crippen molar-refractivity contribution in [2.24, 2.45) is 0 Å². The van der Waals surface area contributed by atoms with Crippen molar-refractivity contribution in [1.82, 2.24) is 4.98 Å². The van der Waals surface area contributed by atoms with Crippen LogP contribution in [0.5, 0.6) is 0 Å². The predicted molar refractivity (Wildman–Crippen MR) is 93.1 cm³/mol. The van der Waals surface area contributed by atoms with Gasteiger partial charge in [0.15, 0.2) is 0 Å². The lowest BCUT2D eigenvalue weighted by Gasteiger charge is -2.09. The third-order valence-corrected chi connectivity index (χ3v) is 3.39. The van der Waals surface area contributed by atoms with E-state index in [2.05, 4.69) is 21.7 Å². The molecule has 2 aromatic carbocycles. The first-order chi connectivity index (χ1) is 11.8. The van der Waals surface area contributed by atoms with Crippen molar-refractivity contribution in [2.75, 3.05) is 10.6 Å². The minimum Gasteiger partial charge on any atom is -0.354 e. The summed E-state index contributed by atoms with van der Waals surface area (Å²) in [5.74, 6) is -0.210. The third kappa shape index (κ3) is 3.57. The molecule has 5 heteroatoms. The number of nitrogens with zero attached hydrogens (tertiary/aromatic N) is 2. The van der Waals surface area contributed by atoms with Crippen LogP contribution in [0.1, 0.15) is 15.9 Å². The number of aromatic nitrogens is 1. The third-order valence-electron chi connectivity index (χ3n) is 3.39. The van der Waals surface area contributed by atoms with Gasteiger partial charge in [0.05, 0.1) is 16.8 Å². The highest BCUT2D eigenvalue weighted by atomic mass is 16.1. The molecular weight excluding hydrogens is 300 g/mol. The molecule has 24 heavy (non-hydrogen) atoms. The maximum Gasteiger partial charge on any atom is 0.257 e. The second-order valence-electron chi connectivity index (χ2n) is 5.06. The van der Waals surface area contributed by atoms with E-state index >= 15 is 0 Å². The Hall–Kier alpha value is -3.65. The second kappa shape index (κ2) is 7.07. The first kappa shape index (κ1) is 15.3. The van der Waals surface area contributed by atoms with E-state index in [4.69, 9.17) is 5.26 Å². The summed E-state index contributed by atoms with van der Waals surface area (Å²) in [4.78, 5) is 16.0. The fourth-order valence-electron chi connectivity index (χ4n) is 2.18. The quantitative estimate of drug-likeness (QED) is 0.764. The lowest BCUT2D eigenvalue weighted by atomic mass is 10.2. The first-order valence-corrected chi connectivity index (χ1v) is 7.34. The van der Waals surface area contributed by atoms with Gasteiger partial charge in [0.1, 0.15) is 6.07 Å². The minimum atomic E-state index is -0.210. The highest BCUT2D eigenvalue weighted by molar-refractivity contribution is 6.04. The van der Waals surface area contributed by atoms with Crippen LogP contribution in [0.25, 0.3) is 0 Å². The standard InChI is InChI=1S/C19H14N4O/c20-12-14-4-1-2-6-18(14)22-16-7-9-17(10-8-16)23-19(24)15-5-3-11-21-13-15/h1-11,13,22H,(H,23,24). The highest BCUT2D eigenvalue weighted by Crippen LogP contribution is 2.21. The summed E-state index contributed by atoms with van der Waals surface area (Å²) in [6.45, 7) is 0. The van der Waals surface area contributed by atoms with Gasteiger partial charge in [-0.15, -0.1) is 0 Å². The molecule has 3 rings (SSSR count). The van der Waals surface area contributed by atoms with E-state index in [1.54, 1.807) is 36.5 Å². The Labute approximate surface area is 139 Å². The Kier molecular flexibility index (Phi) is 4.50. The molecule has 0 saturated heterocycles. The molecule has 0 saturated carbocycles. The molecule has 0 atom stereocenters. The number of hydrogen-bond acceptors (Lipinski definition) is 4. The number of pyridine rings is 1. The molecule has 0 aliphatic rings. The van der Waals surface area contributed by atoms with Crippen molar-refractivity contribution in [3.63, 3.8) is 0 Å². The molecule has 0 aliphatic heterocycles. The Bertz CT molecular complexity index is 883. The molecule has 1 amide bonds. The lowest BCUT2D eigenvalue weighted by molar-refractivity contribution is 0.102. The van der Waals surface area contributed by atoms with E-state index in [9.17, 15) is 4.79 Å². The predicted octanol–water partition coefficient (Wildman–Crippen LogP) is 3.95. The number of carbonyl (C=O) groups excluding carboxylic acids is 1. The molecule has 116 valence electrons. The van der Waals surface area contributed by atoms with E-state index in [0.29, 0.717) is 16.8 Å². The van der Waals surface area contributed by atoms with Gasteiger partial charge in [-0.25, -0.2) is 0 Å². The number of nitriles is 1. The van der Waals surface area contributed by atoms with Gasteiger partial charge in [-0.2, -0.15) is 5.26 Å². The zero-order valence-electron chi connectivity index (χ0n) is 12.7. The molecule has 0 unspecified atom stereocenters. The molecular formula is C19H14N4O. The van der Waals surface area contributed by atoms with Crippen molar-refractivity contribution in [1.29, 1.82) is 5.26 Å². The first-order valence-electron chi connectivity index (χ1n) is 7.34. The van der Waals surface area contributed by atoms with Gasteiger partial charge in [0.2, 0.25) is 0 Å². The van der Waals surface area contributed by atoms with Crippen LogP contribution in [0.3, 0.4) is 0 Å². The average Bonchev–Trinajstić information content (AvgIpc) is 2.64. The molecule has 1 aromatic heterocycles. The number of rotatable bonds is 4. The number of para-hydroxylation sites is 1. The van der Waals surface area contributed by atoms with Gasteiger partial charge in [-0.1, -0.05) is 12.1 Å². The van der Waals surface area contributed by atoms with Gasteiger partial charge in [0.25, 0.3) is 5.91 Å². The Morgan fingerprint density at radius 3 is 2.42 bits per heavy atom. The molecule has 3 aromatic rings. The number of carbonyl (C=O) groups is 1. The fraction of sp³-hybridized carbons (Fsp3) is 0. The Balaban J connectivity index is 1.70. The van der Waals surface area contributed by atoms with E-state index in [1.807, 2.05) is 30.3 Å². The normalized spacial score (nSPS) is 9.79. The summed E-state index contributed by atoms with van der Waals surface area (Å²) in [5, 5.41) is 15.1. The molecule has 0 spiro atoms. The summed E-state index contributed by atoms with van der Waals surface area (Å²) in [5.41, 5.74) is 3.33. The van der Waals surface area contributed by atoms with Crippen LogP contribution in [0, 0.1) is 11.3 Å². The van der Waals surface area contributed by atoms with Crippen LogP contribution in [0.2, 0.25) is 0 Å². The average molecular weight is 314 g/mol. The summed E-state index contributed by atoms with van der Waals surface area (Å²) < 4.78 is 0. The molecule has 1 heterocycles. The van der Waals surface area contributed by atoms with E-state index in [0.717, 1.165) is 11.4 Å². The SMILES string of the molecule is N#Cc1ccccc1Nc1ccc(NC(=O)c2cccnc2)cc1. The number of anilines is 3. The van der Waals surface area contributed by atoms with Crippen molar-refractivity contribution < 1.29 is 4.79 Å². The second-order valence-corrected chi connectivity index (χ2v) is 5.06. The molecule has 0 bridgehead atoms. The zero-order chi connectivity index (χ0) is 16.8. The van der Waals surface area contributed by atoms with Crippen molar-refractivity contribution >= 4 is 23.0 Å². The summed E-state index contributed by atoms with van der Waals surface area (Å²) in [7, 11) is 0. The van der Waals surface area contributed by atoms with Gasteiger partial charge in [-0.3, -0.25) is 9.78 Å². The maximum absolute atomic E-state index is 12.1. The largest absolute Gasteiger partial charge is 0.354 e. The van der Waals surface area contributed by atoms with Crippen LogP contribution in [0.15, 0.2) is 73.1 Å². The van der Waals surface area contributed by atoms with E-state index < -0.39 is 0 Å². The van der Waals surface area contributed by atoms with Crippen molar-refractivity contribution in [3.8, 4) is 6.07 Å². The van der Waals surface area contributed by atoms with Crippen molar-refractivity contribution in [2.45, 2.75) is 0 Å². The van der Waals surface area contributed by atoms with Crippen LogP contribution < -0.4 is 10.6 Å². The lowest BCUT2D eigenvalue weighted by Crippen LogP contribution is -2.11. The van der Waals surface area contributed by atoms with Crippen molar-refractivity contribution in [3.05, 3.63) is 84.2 Å². The number of nitrogens with one attached hydrogen (secondary N) is 2. The minimum absolute atomic E-state index is 0.210. The number of amides is 1. The van der Waals surface area contributed by atoms with Crippen LogP contribution in [-0.2, 0) is 0 Å². The summed E-state index contributed by atoms with van der Waals surface area (Å²) >= 11 is 0. The molecule has 0 fully saturated rings. The molecule has 0 radical (unpaired) electrons. The molecule has 5 nitrogen and oxygen atoms in total. The van der Waals surface area contributed by atoms with Crippen LogP contribution >= 0.6 is 0 Å². The summed E-state index contributed by atoms with van der Waals surface area (Å²) in [6.07, 6.45) is 3.14. The van der Waals surface area contributed by atoms with Gasteiger partial charge < -0.3 is 10.6 Å². The van der Waals surface area contributed by atoms with Gasteiger partial charge >= 0.3 is 0 Å². The van der Waals surface area contributed by atoms with Crippen LogP contribution in [-0.4, -0.2) is 10.9 Å². The number of hydrogen-bond donors (Lipinski definition) is 2. The van der Waals surface area contributed by atoms with E-state index in [1.165, 1.54) is 6.20 Å². The van der Waals surface area contributed by atoms with E-state index in [-0.39, 0.29) is 5.91 Å². The topological polar surface area (TPSA) is 77.8 Å². The highest BCUT2D eigenvalue weighted by Gasteiger charge is 2.06. The monoisotopic (exact) mass is 314 g/mol. The Morgan fingerprint density at radius 1 is 0.958 bits per heavy atom. The van der Waals surface area contributed by atoms with Gasteiger partial charge in [-0.05, 0) is 48.5 Å². The number of benzene rings is 2. The molecule has 0 aliphatic carbocycles.